The van der Waals surface area contributed by atoms with Crippen molar-refractivity contribution >= 4 is 21.6 Å². The molecule has 0 bridgehead atoms. The number of hydrogen-bond donors (Lipinski definition) is 0. The summed E-state index contributed by atoms with van der Waals surface area (Å²) in [5.74, 6) is 2.73. The van der Waals surface area contributed by atoms with Gasteiger partial charge in [0.25, 0.3) is 0 Å². The van der Waals surface area contributed by atoms with Gasteiger partial charge in [-0.15, -0.1) is 0 Å². The molecule has 176 valence electrons. The lowest BCUT2D eigenvalue weighted by Gasteiger charge is -2.31. The zero-order chi connectivity index (χ0) is 24.2. The molecule has 0 fully saturated rings. The lowest BCUT2D eigenvalue weighted by Crippen LogP contribution is -2.27. The average molecular weight is 521 g/mol. The van der Waals surface area contributed by atoms with E-state index in [2.05, 4.69) is 70.6 Å². The Morgan fingerprint density at radius 2 is 1.91 bits per heavy atom. The number of anilines is 1. The molecule has 1 aliphatic rings. The van der Waals surface area contributed by atoms with E-state index in [0.717, 1.165) is 55.7 Å². The summed E-state index contributed by atoms with van der Waals surface area (Å²) in [7, 11) is 1.67. The van der Waals surface area contributed by atoms with E-state index < -0.39 is 0 Å². The molecule has 0 amide bonds. The van der Waals surface area contributed by atoms with Gasteiger partial charge in [0.2, 0.25) is 0 Å². The van der Waals surface area contributed by atoms with Crippen LogP contribution < -0.4 is 9.64 Å². The first-order valence-electron chi connectivity index (χ1n) is 11.3. The summed E-state index contributed by atoms with van der Waals surface area (Å²) in [6.07, 6.45) is 5.77. The molecule has 0 radical (unpaired) electrons. The minimum absolute atomic E-state index is 0.258. The average Bonchev–Trinajstić information content (AvgIpc) is 2.85. The highest BCUT2D eigenvalue weighted by molar-refractivity contribution is 9.11. The van der Waals surface area contributed by atoms with Crippen LogP contribution in [0.2, 0.25) is 0 Å². The van der Waals surface area contributed by atoms with Crippen LogP contribution in [-0.4, -0.2) is 28.6 Å². The van der Waals surface area contributed by atoms with Crippen LogP contribution in [0.25, 0.3) is 11.4 Å². The molecule has 2 aromatic heterocycles. The van der Waals surface area contributed by atoms with Gasteiger partial charge >= 0.3 is 0 Å². The Morgan fingerprint density at radius 1 is 1.09 bits per heavy atom. The van der Waals surface area contributed by atoms with Crippen LogP contribution in [0.5, 0.6) is 5.75 Å². The maximum atomic E-state index is 6.14. The largest absolute Gasteiger partial charge is 0.497 e. The Morgan fingerprint density at radius 3 is 2.68 bits per heavy atom. The summed E-state index contributed by atoms with van der Waals surface area (Å²) >= 11 is 3.74. The maximum Gasteiger partial charge on any atom is 0.133 e. The Bertz CT molecular complexity index is 1250. The van der Waals surface area contributed by atoms with Gasteiger partial charge in [0, 0.05) is 35.8 Å². The molecule has 0 saturated carbocycles. The first kappa shape index (κ1) is 24.0. The van der Waals surface area contributed by atoms with Gasteiger partial charge in [0.1, 0.15) is 23.9 Å². The topological polar surface area (TPSA) is 60.4 Å². The second-order valence-corrected chi connectivity index (χ2v) is 9.55. The van der Waals surface area contributed by atoms with Crippen molar-refractivity contribution in [1.29, 1.82) is 0 Å². The van der Waals surface area contributed by atoms with Crippen LogP contribution in [0, 0.1) is 6.92 Å². The molecule has 1 aliphatic heterocycles. The number of pyridine rings is 1. The number of aromatic nitrogens is 3. The molecule has 0 unspecified atom stereocenters. The van der Waals surface area contributed by atoms with Crippen LogP contribution in [0.1, 0.15) is 43.6 Å². The van der Waals surface area contributed by atoms with E-state index >= 15 is 0 Å². The molecule has 0 aliphatic carbocycles. The summed E-state index contributed by atoms with van der Waals surface area (Å²) < 4.78 is 12.4. The van der Waals surface area contributed by atoms with Crippen LogP contribution in [-0.2, 0) is 11.3 Å². The molecule has 6 nitrogen and oxygen atoms in total. The van der Waals surface area contributed by atoms with Crippen molar-refractivity contribution in [3.8, 4) is 17.1 Å². The molecular weight excluding hydrogens is 492 g/mol. The monoisotopic (exact) mass is 520 g/mol. The quantitative estimate of drug-likeness (QED) is 0.353. The van der Waals surface area contributed by atoms with Crippen molar-refractivity contribution in [3.05, 3.63) is 87.8 Å². The van der Waals surface area contributed by atoms with Gasteiger partial charge in [-0.2, -0.15) is 0 Å². The first-order valence-corrected chi connectivity index (χ1v) is 12.0. The normalized spacial score (nSPS) is 13.9. The van der Waals surface area contributed by atoms with E-state index in [4.69, 9.17) is 14.5 Å². The first-order chi connectivity index (χ1) is 16.4. The van der Waals surface area contributed by atoms with Crippen LogP contribution in [0.15, 0.2) is 70.8 Å². The number of nitrogens with zero attached hydrogens (tertiary/aromatic N) is 4. The number of aryl methyl sites for hydroxylation is 1. The third kappa shape index (κ3) is 5.30. The highest BCUT2D eigenvalue weighted by atomic mass is 79.9. The van der Waals surface area contributed by atoms with E-state index in [1.54, 1.807) is 13.3 Å². The fourth-order valence-corrected chi connectivity index (χ4v) is 4.22. The van der Waals surface area contributed by atoms with Gasteiger partial charge in [0.05, 0.1) is 29.5 Å². The Balaban J connectivity index is 1.55. The molecule has 0 N–H and O–H groups in total. The molecule has 0 atom stereocenters. The van der Waals surface area contributed by atoms with Gasteiger partial charge in [0.15, 0.2) is 0 Å². The molecule has 3 heterocycles. The number of hydrogen-bond acceptors (Lipinski definition) is 6. The predicted molar refractivity (Wildman–Crippen MR) is 139 cm³/mol. The molecule has 1 aromatic carbocycles. The minimum Gasteiger partial charge on any atom is -0.497 e. The Hall–Kier alpha value is -3.19. The maximum absolute atomic E-state index is 6.14. The van der Waals surface area contributed by atoms with Crippen molar-refractivity contribution in [1.82, 2.24) is 15.0 Å². The van der Waals surface area contributed by atoms with Gasteiger partial charge in [-0.05, 0) is 65.2 Å². The van der Waals surface area contributed by atoms with Gasteiger partial charge in [-0.3, -0.25) is 4.98 Å². The van der Waals surface area contributed by atoms with E-state index in [0.29, 0.717) is 13.2 Å². The fraction of sp³-hybridized carbons (Fsp3) is 0.296. The zero-order valence-corrected chi connectivity index (χ0v) is 21.8. The number of ether oxygens (including phenoxy) is 2. The molecule has 7 heteroatoms. The number of allylic oxidation sites excluding steroid dienone is 2. The predicted octanol–water partition coefficient (Wildman–Crippen LogP) is 6.53. The lowest BCUT2D eigenvalue weighted by atomic mass is 10.1. The summed E-state index contributed by atoms with van der Waals surface area (Å²) in [5.41, 5.74) is 5.99. The molecule has 0 saturated heterocycles. The summed E-state index contributed by atoms with van der Waals surface area (Å²) in [4.78, 5) is 16.0. The van der Waals surface area contributed by atoms with E-state index in [1.807, 2.05) is 36.5 Å². The van der Waals surface area contributed by atoms with Crippen molar-refractivity contribution in [2.45, 2.75) is 40.2 Å². The molecule has 34 heavy (non-hydrogen) atoms. The van der Waals surface area contributed by atoms with Crippen LogP contribution in [0.4, 0.5) is 5.69 Å². The van der Waals surface area contributed by atoms with Gasteiger partial charge in [-0.1, -0.05) is 26.0 Å². The summed E-state index contributed by atoms with van der Waals surface area (Å²) in [6, 6.07) is 11.9. The SMILES string of the molecule is COc1cccc(COC2=C(Br)CN(c3cc(-c4ccnc(C(C)C)n4)ncc3C)C(C)=C2)c1. The summed E-state index contributed by atoms with van der Waals surface area (Å²) in [6.45, 7) is 9.48. The van der Waals surface area contributed by atoms with Crippen molar-refractivity contribution in [2.75, 3.05) is 18.6 Å². The second kappa shape index (κ2) is 10.4. The van der Waals surface area contributed by atoms with Crippen molar-refractivity contribution in [3.63, 3.8) is 0 Å². The Labute approximate surface area is 209 Å². The minimum atomic E-state index is 0.258. The van der Waals surface area contributed by atoms with E-state index in [9.17, 15) is 0 Å². The van der Waals surface area contributed by atoms with Crippen molar-refractivity contribution in [2.24, 2.45) is 0 Å². The van der Waals surface area contributed by atoms with E-state index in [1.165, 1.54) is 0 Å². The van der Waals surface area contributed by atoms with Crippen molar-refractivity contribution < 1.29 is 9.47 Å². The van der Waals surface area contributed by atoms with E-state index in [-0.39, 0.29) is 5.92 Å². The molecular formula is C27H29BrN4O2. The second-order valence-electron chi connectivity index (χ2n) is 8.59. The molecule has 0 spiro atoms. The lowest BCUT2D eigenvalue weighted by molar-refractivity contribution is 0.208. The number of benzene rings is 1. The zero-order valence-electron chi connectivity index (χ0n) is 20.2. The Kier molecular flexibility index (Phi) is 7.32. The van der Waals surface area contributed by atoms with Gasteiger partial charge in [-0.25, -0.2) is 9.97 Å². The number of rotatable bonds is 7. The van der Waals surface area contributed by atoms with Gasteiger partial charge < -0.3 is 14.4 Å². The molecule has 3 aromatic rings. The smallest absolute Gasteiger partial charge is 0.133 e. The highest BCUT2D eigenvalue weighted by Crippen LogP contribution is 2.34. The highest BCUT2D eigenvalue weighted by Gasteiger charge is 2.21. The third-order valence-electron chi connectivity index (χ3n) is 5.68. The summed E-state index contributed by atoms with van der Waals surface area (Å²) in [5, 5.41) is 0. The van der Waals surface area contributed by atoms with Crippen LogP contribution >= 0.6 is 15.9 Å². The number of methoxy groups -OCH3 is 1. The molecule has 4 rings (SSSR count). The number of halogens is 1. The standard InChI is InChI=1S/C27H29BrN4O2/c1-17(2)27-29-10-9-23(31-27)24-13-25(18(3)14-30-24)32-15-22(28)26(11-19(32)4)34-16-20-7-6-8-21(12-20)33-5/h6-14,17H,15-16H2,1-5H3. The fourth-order valence-electron chi connectivity index (χ4n) is 3.74. The third-order valence-corrected chi connectivity index (χ3v) is 6.32. The van der Waals surface area contributed by atoms with Crippen LogP contribution in [0.3, 0.4) is 0 Å².